The van der Waals surface area contributed by atoms with Crippen LogP contribution in [0.3, 0.4) is 0 Å². The highest BCUT2D eigenvalue weighted by Crippen LogP contribution is 2.24. The molecule has 5 heteroatoms. The highest BCUT2D eigenvalue weighted by atomic mass is 16.1. The quantitative estimate of drug-likeness (QED) is 0.851. The molecule has 0 bridgehead atoms. The normalized spacial score (nSPS) is 15.4. The van der Waals surface area contributed by atoms with Gasteiger partial charge in [0.25, 0.3) is 0 Å². The average Bonchev–Trinajstić information content (AvgIpc) is 2.66. The maximum absolute atomic E-state index is 11.6. The van der Waals surface area contributed by atoms with Gasteiger partial charge >= 0.3 is 0 Å². The standard InChI is InChI=1S/C15H26N4O/c1-10(2)7-13-18-11-8-17-6-5-12(11)19(13)9-15(3,4)14(16)20/h10,17H,5-9H2,1-4H3,(H2,16,20). The van der Waals surface area contributed by atoms with Gasteiger partial charge in [0.1, 0.15) is 5.82 Å². The third-order valence-corrected chi connectivity index (χ3v) is 3.88. The average molecular weight is 278 g/mol. The second kappa shape index (κ2) is 5.56. The summed E-state index contributed by atoms with van der Waals surface area (Å²) in [6.45, 7) is 10.6. The van der Waals surface area contributed by atoms with Gasteiger partial charge in [-0.05, 0) is 19.8 Å². The Labute approximate surface area is 120 Å². The lowest BCUT2D eigenvalue weighted by Gasteiger charge is -2.25. The Hall–Kier alpha value is -1.36. The van der Waals surface area contributed by atoms with E-state index < -0.39 is 5.41 Å². The number of fused-ring (bicyclic) bond motifs is 1. The molecular formula is C15H26N4O. The van der Waals surface area contributed by atoms with E-state index in [2.05, 4.69) is 23.7 Å². The second-order valence-electron chi connectivity index (χ2n) is 6.78. The number of imidazole rings is 1. The van der Waals surface area contributed by atoms with Crippen LogP contribution in [0.1, 0.15) is 44.9 Å². The van der Waals surface area contributed by atoms with Crippen LogP contribution in [0.5, 0.6) is 0 Å². The summed E-state index contributed by atoms with van der Waals surface area (Å²) in [5, 5.41) is 3.35. The molecule has 5 nitrogen and oxygen atoms in total. The molecule has 20 heavy (non-hydrogen) atoms. The maximum Gasteiger partial charge on any atom is 0.224 e. The fourth-order valence-corrected chi connectivity index (χ4v) is 2.61. The number of hydrogen-bond donors (Lipinski definition) is 2. The van der Waals surface area contributed by atoms with Crippen molar-refractivity contribution < 1.29 is 4.79 Å². The van der Waals surface area contributed by atoms with E-state index in [4.69, 9.17) is 10.7 Å². The Bertz CT molecular complexity index is 502. The molecule has 1 amide bonds. The van der Waals surface area contributed by atoms with Crippen LogP contribution < -0.4 is 11.1 Å². The highest BCUT2D eigenvalue weighted by Gasteiger charge is 2.29. The lowest BCUT2D eigenvalue weighted by Crippen LogP contribution is -2.37. The number of carbonyl (C=O) groups is 1. The first kappa shape index (κ1) is 15.0. The predicted octanol–water partition coefficient (Wildman–Crippen LogP) is 1.24. The molecule has 3 N–H and O–H groups in total. The van der Waals surface area contributed by atoms with Crippen LogP contribution in [0, 0.1) is 11.3 Å². The van der Waals surface area contributed by atoms with Crippen molar-refractivity contribution >= 4 is 5.91 Å². The summed E-state index contributed by atoms with van der Waals surface area (Å²) in [6.07, 6.45) is 1.90. The van der Waals surface area contributed by atoms with E-state index >= 15 is 0 Å². The first-order valence-electron chi connectivity index (χ1n) is 7.39. The number of amides is 1. The van der Waals surface area contributed by atoms with E-state index in [1.54, 1.807) is 0 Å². The zero-order chi connectivity index (χ0) is 14.9. The number of hydrogen-bond acceptors (Lipinski definition) is 3. The van der Waals surface area contributed by atoms with Gasteiger partial charge in [-0.25, -0.2) is 4.98 Å². The third-order valence-electron chi connectivity index (χ3n) is 3.88. The zero-order valence-electron chi connectivity index (χ0n) is 13.0. The molecule has 0 saturated carbocycles. The van der Waals surface area contributed by atoms with Crippen molar-refractivity contribution in [2.45, 2.75) is 53.6 Å². The van der Waals surface area contributed by atoms with Crippen LogP contribution in [0.2, 0.25) is 0 Å². The molecule has 0 aliphatic carbocycles. The van der Waals surface area contributed by atoms with Crippen LogP contribution in [0.25, 0.3) is 0 Å². The van der Waals surface area contributed by atoms with Crippen LogP contribution in [-0.4, -0.2) is 22.0 Å². The predicted molar refractivity (Wildman–Crippen MR) is 79.2 cm³/mol. The van der Waals surface area contributed by atoms with E-state index in [1.807, 2.05) is 13.8 Å². The molecule has 2 heterocycles. The van der Waals surface area contributed by atoms with Gasteiger partial charge in [0, 0.05) is 38.2 Å². The van der Waals surface area contributed by atoms with Crippen molar-refractivity contribution in [1.82, 2.24) is 14.9 Å². The van der Waals surface area contributed by atoms with E-state index in [1.165, 1.54) is 5.69 Å². The first-order chi connectivity index (χ1) is 9.31. The smallest absolute Gasteiger partial charge is 0.224 e. The monoisotopic (exact) mass is 278 g/mol. The SMILES string of the molecule is CC(C)Cc1nc2c(n1CC(C)(C)C(N)=O)CCNC2. The summed E-state index contributed by atoms with van der Waals surface area (Å²) in [4.78, 5) is 16.4. The molecule has 0 spiro atoms. The number of nitrogens with one attached hydrogen (secondary N) is 1. The number of aromatic nitrogens is 2. The van der Waals surface area contributed by atoms with Crippen molar-refractivity contribution in [3.8, 4) is 0 Å². The Morgan fingerprint density at radius 1 is 1.50 bits per heavy atom. The van der Waals surface area contributed by atoms with Crippen molar-refractivity contribution in [3.05, 3.63) is 17.2 Å². The minimum Gasteiger partial charge on any atom is -0.369 e. The van der Waals surface area contributed by atoms with Crippen LogP contribution in [0.15, 0.2) is 0 Å². The molecule has 1 aliphatic rings. The van der Waals surface area contributed by atoms with Crippen LogP contribution in [-0.2, 0) is 30.7 Å². The summed E-state index contributed by atoms with van der Waals surface area (Å²) < 4.78 is 2.24. The van der Waals surface area contributed by atoms with Gasteiger partial charge in [-0.15, -0.1) is 0 Å². The Morgan fingerprint density at radius 2 is 2.20 bits per heavy atom. The largest absolute Gasteiger partial charge is 0.369 e. The summed E-state index contributed by atoms with van der Waals surface area (Å²) in [5.74, 6) is 1.37. The zero-order valence-corrected chi connectivity index (χ0v) is 13.0. The topological polar surface area (TPSA) is 72.9 Å². The van der Waals surface area contributed by atoms with Crippen molar-refractivity contribution in [3.63, 3.8) is 0 Å². The lowest BCUT2D eigenvalue weighted by atomic mass is 9.92. The fourth-order valence-electron chi connectivity index (χ4n) is 2.61. The van der Waals surface area contributed by atoms with Crippen molar-refractivity contribution in [1.29, 1.82) is 0 Å². The van der Waals surface area contributed by atoms with Crippen molar-refractivity contribution in [2.75, 3.05) is 6.54 Å². The number of nitrogens with two attached hydrogens (primary N) is 1. The summed E-state index contributed by atoms with van der Waals surface area (Å²) in [6, 6.07) is 0. The van der Waals surface area contributed by atoms with E-state index in [0.29, 0.717) is 12.5 Å². The summed E-state index contributed by atoms with van der Waals surface area (Å²) in [7, 11) is 0. The number of carbonyl (C=O) groups excluding carboxylic acids is 1. The number of rotatable bonds is 5. The molecular weight excluding hydrogens is 252 g/mol. The van der Waals surface area contributed by atoms with Crippen LogP contribution >= 0.6 is 0 Å². The molecule has 0 unspecified atom stereocenters. The fraction of sp³-hybridized carbons (Fsp3) is 0.733. The van der Waals surface area contributed by atoms with Gasteiger partial charge in [0.05, 0.1) is 11.1 Å². The van der Waals surface area contributed by atoms with Gasteiger partial charge < -0.3 is 15.6 Å². The molecule has 112 valence electrons. The molecule has 0 aromatic carbocycles. The molecule has 1 aromatic heterocycles. The maximum atomic E-state index is 11.6. The van der Waals surface area contributed by atoms with Gasteiger partial charge in [-0.2, -0.15) is 0 Å². The highest BCUT2D eigenvalue weighted by molar-refractivity contribution is 5.79. The van der Waals surface area contributed by atoms with E-state index in [-0.39, 0.29) is 5.91 Å². The Kier molecular flexibility index (Phi) is 4.18. The van der Waals surface area contributed by atoms with E-state index in [0.717, 1.165) is 37.4 Å². The lowest BCUT2D eigenvalue weighted by molar-refractivity contribution is -0.126. The molecule has 0 fully saturated rings. The summed E-state index contributed by atoms with van der Waals surface area (Å²) in [5.41, 5.74) is 7.38. The first-order valence-corrected chi connectivity index (χ1v) is 7.39. The Morgan fingerprint density at radius 3 is 2.80 bits per heavy atom. The molecule has 0 saturated heterocycles. The Balaban J connectivity index is 2.38. The van der Waals surface area contributed by atoms with Crippen LogP contribution in [0.4, 0.5) is 0 Å². The minimum atomic E-state index is -0.551. The molecule has 1 aromatic rings. The van der Waals surface area contributed by atoms with Gasteiger partial charge in [-0.1, -0.05) is 13.8 Å². The van der Waals surface area contributed by atoms with Crippen molar-refractivity contribution in [2.24, 2.45) is 17.1 Å². The van der Waals surface area contributed by atoms with Gasteiger partial charge in [-0.3, -0.25) is 4.79 Å². The van der Waals surface area contributed by atoms with Gasteiger partial charge in [0.15, 0.2) is 0 Å². The number of nitrogens with zero attached hydrogens (tertiary/aromatic N) is 2. The summed E-state index contributed by atoms with van der Waals surface area (Å²) >= 11 is 0. The minimum absolute atomic E-state index is 0.260. The molecule has 0 radical (unpaired) electrons. The second-order valence-corrected chi connectivity index (χ2v) is 6.78. The molecule has 2 rings (SSSR count). The van der Waals surface area contributed by atoms with Gasteiger partial charge in [0.2, 0.25) is 5.91 Å². The van der Waals surface area contributed by atoms with E-state index in [9.17, 15) is 4.79 Å². The molecule has 1 aliphatic heterocycles. The molecule has 0 atom stereocenters. The number of primary amides is 1. The third kappa shape index (κ3) is 3.03.